The summed E-state index contributed by atoms with van der Waals surface area (Å²) in [6.07, 6.45) is 4.14. The predicted molar refractivity (Wildman–Crippen MR) is 117 cm³/mol. The summed E-state index contributed by atoms with van der Waals surface area (Å²) in [5, 5.41) is 3.22. The van der Waals surface area contributed by atoms with E-state index < -0.39 is 17.8 Å². The zero-order chi connectivity index (χ0) is 22.4. The third-order valence-corrected chi connectivity index (χ3v) is 6.10. The molecule has 1 fully saturated rings. The molecule has 0 saturated heterocycles. The highest BCUT2D eigenvalue weighted by Gasteiger charge is 2.31. The Labute approximate surface area is 186 Å². The molecule has 1 aliphatic rings. The Bertz CT molecular complexity index is 894. The number of rotatable bonds is 8. The SMILES string of the molecule is CC[C@@H](C(=O)NC1CCCC1)N(Cc1ccc(F)cc1)C(=O)Cc1c(F)cccc1Cl. The van der Waals surface area contributed by atoms with Crippen molar-refractivity contribution in [1.29, 1.82) is 0 Å². The molecule has 4 nitrogen and oxygen atoms in total. The summed E-state index contributed by atoms with van der Waals surface area (Å²) >= 11 is 6.11. The van der Waals surface area contributed by atoms with Crippen LogP contribution in [0.4, 0.5) is 8.78 Å². The van der Waals surface area contributed by atoms with Crippen LogP contribution >= 0.6 is 11.6 Å². The van der Waals surface area contributed by atoms with E-state index >= 15 is 0 Å². The van der Waals surface area contributed by atoms with Gasteiger partial charge < -0.3 is 10.2 Å². The van der Waals surface area contributed by atoms with E-state index in [1.165, 1.54) is 35.2 Å². The number of benzene rings is 2. The van der Waals surface area contributed by atoms with Crippen LogP contribution < -0.4 is 5.32 Å². The van der Waals surface area contributed by atoms with Crippen molar-refractivity contribution in [2.45, 2.75) is 64.1 Å². The summed E-state index contributed by atoms with van der Waals surface area (Å²) in [6.45, 7) is 1.95. The number of hydrogen-bond donors (Lipinski definition) is 1. The average Bonchev–Trinajstić information content (AvgIpc) is 3.25. The third kappa shape index (κ3) is 6.03. The molecule has 1 N–H and O–H groups in total. The lowest BCUT2D eigenvalue weighted by molar-refractivity contribution is -0.141. The minimum Gasteiger partial charge on any atom is -0.352 e. The van der Waals surface area contributed by atoms with Crippen molar-refractivity contribution in [2.24, 2.45) is 0 Å². The summed E-state index contributed by atoms with van der Waals surface area (Å²) in [5.41, 5.74) is 0.783. The van der Waals surface area contributed by atoms with Gasteiger partial charge in [-0.3, -0.25) is 9.59 Å². The van der Waals surface area contributed by atoms with Crippen LogP contribution in [0.15, 0.2) is 42.5 Å². The molecule has 2 aromatic rings. The van der Waals surface area contributed by atoms with E-state index in [0.29, 0.717) is 12.0 Å². The number of nitrogens with one attached hydrogen (secondary N) is 1. The van der Waals surface area contributed by atoms with Crippen LogP contribution in [0.2, 0.25) is 5.02 Å². The van der Waals surface area contributed by atoms with E-state index in [2.05, 4.69) is 5.32 Å². The van der Waals surface area contributed by atoms with E-state index in [1.807, 2.05) is 6.92 Å². The molecule has 0 spiro atoms. The van der Waals surface area contributed by atoms with Crippen LogP contribution in [0.1, 0.15) is 50.2 Å². The number of halogens is 3. The topological polar surface area (TPSA) is 49.4 Å². The van der Waals surface area contributed by atoms with Crippen LogP contribution in [0.25, 0.3) is 0 Å². The monoisotopic (exact) mass is 448 g/mol. The lowest BCUT2D eigenvalue weighted by atomic mass is 10.1. The number of hydrogen-bond acceptors (Lipinski definition) is 2. The van der Waals surface area contributed by atoms with Gasteiger partial charge in [-0.05, 0) is 49.1 Å². The minimum absolute atomic E-state index is 0.101. The normalized spacial score (nSPS) is 15.0. The number of carbonyl (C=O) groups is 2. The van der Waals surface area contributed by atoms with E-state index in [1.54, 1.807) is 12.1 Å². The molecule has 1 aliphatic carbocycles. The molecule has 0 heterocycles. The highest BCUT2D eigenvalue weighted by Crippen LogP contribution is 2.23. The predicted octanol–water partition coefficient (Wildman–Crippen LogP) is 5.03. The minimum atomic E-state index is -0.719. The zero-order valence-corrected chi connectivity index (χ0v) is 18.3. The molecule has 31 heavy (non-hydrogen) atoms. The standard InChI is InChI=1S/C24H27ClF2N2O2/c1-2-22(24(31)28-18-6-3-4-7-18)29(15-16-10-12-17(26)13-11-16)23(30)14-19-20(25)8-5-9-21(19)27/h5,8-13,18,22H,2-4,6-7,14-15H2,1H3,(H,28,31)/t22-/m0/s1. The summed E-state index contributed by atoms with van der Waals surface area (Å²) in [6, 6.07) is 9.43. The Morgan fingerprint density at radius 3 is 2.42 bits per heavy atom. The van der Waals surface area contributed by atoms with Crippen LogP contribution in [-0.4, -0.2) is 28.8 Å². The highest BCUT2D eigenvalue weighted by atomic mass is 35.5. The first kappa shape index (κ1) is 23.2. The fourth-order valence-corrected chi connectivity index (χ4v) is 4.26. The van der Waals surface area contributed by atoms with Gasteiger partial charge in [0.15, 0.2) is 0 Å². The largest absolute Gasteiger partial charge is 0.352 e. The second-order valence-electron chi connectivity index (χ2n) is 7.94. The summed E-state index contributed by atoms with van der Waals surface area (Å²) < 4.78 is 27.6. The van der Waals surface area contributed by atoms with Gasteiger partial charge >= 0.3 is 0 Å². The Kier molecular flexibility index (Phi) is 8.02. The number of nitrogens with zero attached hydrogens (tertiary/aromatic N) is 1. The summed E-state index contributed by atoms with van der Waals surface area (Å²) in [4.78, 5) is 27.8. The maximum atomic E-state index is 14.3. The van der Waals surface area contributed by atoms with Crippen molar-refractivity contribution in [3.63, 3.8) is 0 Å². The van der Waals surface area contributed by atoms with Crippen molar-refractivity contribution < 1.29 is 18.4 Å². The van der Waals surface area contributed by atoms with Crippen molar-refractivity contribution in [1.82, 2.24) is 10.2 Å². The molecule has 0 radical (unpaired) electrons. The maximum Gasteiger partial charge on any atom is 0.243 e. The van der Waals surface area contributed by atoms with Crippen molar-refractivity contribution in [2.75, 3.05) is 0 Å². The van der Waals surface area contributed by atoms with Gasteiger partial charge in [-0.2, -0.15) is 0 Å². The van der Waals surface area contributed by atoms with Crippen molar-refractivity contribution in [3.05, 3.63) is 70.2 Å². The zero-order valence-electron chi connectivity index (χ0n) is 17.5. The highest BCUT2D eigenvalue weighted by molar-refractivity contribution is 6.31. The molecule has 0 aliphatic heterocycles. The molecule has 2 aromatic carbocycles. The lowest BCUT2D eigenvalue weighted by Crippen LogP contribution is -2.51. The number of amides is 2. The van der Waals surface area contributed by atoms with Gasteiger partial charge in [0.25, 0.3) is 0 Å². The molecule has 166 valence electrons. The Hall–Kier alpha value is -2.47. The molecule has 0 aromatic heterocycles. The fourth-order valence-electron chi connectivity index (χ4n) is 4.03. The molecule has 1 atom stereocenters. The van der Waals surface area contributed by atoms with Crippen molar-refractivity contribution in [3.8, 4) is 0 Å². The van der Waals surface area contributed by atoms with Gasteiger partial charge in [0, 0.05) is 23.2 Å². The van der Waals surface area contributed by atoms with Crippen LogP contribution in [0.3, 0.4) is 0 Å². The smallest absolute Gasteiger partial charge is 0.243 e. The molecule has 0 bridgehead atoms. The summed E-state index contributed by atoms with van der Waals surface area (Å²) in [5.74, 6) is -1.58. The molecule has 3 rings (SSSR count). The average molecular weight is 449 g/mol. The molecular formula is C24H27ClF2N2O2. The van der Waals surface area contributed by atoms with Crippen molar-refractivity contribution >= 4 is 23.4 Å². The second kappa shape index (κ2) is 10.7. The Morgan fingerprint density at radius 2 is 1.81 bits per heavy atom. The first-order chi connectivity index (χ1) is 14.9. The summed E-state index contributed by atoms with van der Waals surface area (Å²) in [7, 11) is 0. The lowest BCUT2D eigenvalue weighted by Gasteiger charge is -2.31. The fraction of sp³-hybridized carbons (Fsp3) is 0.417. The first-order valence-corrected chi connectivity index (χ1v) is 11.0. The van der Waals surface area contributed by atoms with E-state index in [4.69, 9.17) is 11.6 Å². The van der Waals surface area contributed by atoms with Gasteiger partial charge in [-0.1, -0.05) is 49.6 Å². The molecular weight excluding hydrogens is 422 g/mol. The van der Waals surface area contributed by atoms with E-state index in [0.717, 1.165) is 25.7 Å². The van der Waals surface area contributed by atoms with Crippen LogP contribution in [0.5, 0.6) is 0 Å². The number of carbonyl (C=O) groups excluding carboxylic acids is 2. The Morgan fingerprint density at radius 1 is 1.13 bits per heavy atom. The van der Waals surface area contributed by atoms with Gasteiger partial charge in [-0.25, -0.2) is 8.78 Å². The second-order valence-corrected chi connectivity index (χ2v) is 8.35. The van der Waals surface area contributed by atoms with E-state index in [-0.39, 0.29) is 41.3 Å². The Balaban J connectivity index is 1.85. The maximum absolute atomic E-state index is 14.3. The molecule has 1 saturated carbocycles. The van der Waals surface area contributed by atoms with Crippen LogP contribution in [0, 0.1) is 11.6 Å². The van der Waals surface area contributed by atoms with Gasteiger partial charge in [0.1, 0.15) is 17.7 Å². The molecule has 0 unspecified atom stereocenters. The first-order valence-electron chi connectivity index (χ1n) is 10.7. The van der Waals surface area contributed by atoms with Gasteiger partial charge in [0.05, 0.1) is 6.42 Å². The van der Waals surface area contributed by atoms with Gasteiger partial charge in [-0.15, -0.1) is 0 Å². The van der Waals surface area contributed by atoms with E-state index in [9.17, 15) is 18.4 Å². The molecule has 7 heteroatoms. The quantitative estimate of drug-likeness (QED) is 0.616. The van der Waals surface area contributed by atoms with Gasteiger partial charge in [0.2, 0.25) is 11.8 Å². The molecule has 2 amide bonds. The van der Waals surface area contributed by atoms with Crippen LogP contribution in [-0.2, 0) is 22.6 Å². The third-order valence-electron chi connectivity index (χ3n) is 5.74.